The van der Waals surface area contributed by atoms with E-state index in [9.17, 15) is 12.8 Å². The predicted molar refractivity (Wildman–Crippen MR) is 83.0 cm³/mol. The van der Waals surface area contributed by atoms with E-state index in [1.165, 1.54) is 19.2 Å². The Morgan fingerprint density at radius 1 is 1.24 bits per heavy atom. The number of nitrogens with zero attached hydrogens (tertiary/aromatic N) is 1. The molecular formula is C13H13BrFN3O2S. The van der Waals surface area contributed by atoms with Crippen molar-refractivity contribution in [2.45, 2.75) is 18.7 Å². The van der Waals surface area contributed by atoms with Crippen LogP contribution in [-0.2, 0) is 10.0 Å². The van der Waals surface area contributed by atoms with Gasteiger partial charge in [0, 0.05) is 16.4 Å². The number of halogens is 2. The van der Waals surface area contributed by atoms with Crippen molar-refractivity contribution in [1.29, 1.82) is 0 Å². The zero-order valence-corrected chi connectivity index (χ0v) is 13.7. The molecule has 0 atom stereocenters. The Kier molecular flexibility index (Phi) is 4.20. The minimum Gasteiger partial charge on any atom is -0.399 e. The summed E-state index contributed by atoms with van der Waals surface area (Å²) in [5.41, 5.74) is 6.72. The Labute approximate surface area is 130 Å². The van der Waals surface area contributed by atoms with Crippen molar-refractivity contribution < 1.29 is 12.8 Å². The topological polar surface area (TPSA) is 85.1 Å². The van der Waals surface area contributed by atoms with E-state index in [4.69, 9.17) is 5.73 Å². The fraction of sp³-hybridized carbons (Fsp3) is 0.154. The van der Waals surface area contributed by atoms with Gasteiger partial charge in [0.1, 0.15) is 16.5 Å². The molecule has 0 unspecified atom stereocenters. The van der Waals surface area contributed by atoms with Crippen molar-refractivity contribution in [3.8, 4) is 0 Å². The number of rotatable bonds is 3. The third-order valence-corrected chi connectivity index (χ3v) is 5.00. The van der Waals surface area contributed by atoms with Crippen LogP contribution in [0.1, 0.15) is 11.1 Å². The summed E-state index contributed by atoms with van der Waals surface area (Å²) in [6.45, 7) is 3.24. The first-order valence-corrected chi connectivity index (χ1v) is 8.19. The quantitative estimate of drug-likeness (QED) is 0.809. The third kappa shape index (κ3) is 3.33. The number of hydrogen-bond acceptors (Lipinski definition) is 4. The normalized spacial score (nSPS) is 11.4. The van der Waals surface area contributed by atoms with E-state index in [2.05, 4.69) is 25.6 Å². The van der Waals surface area contributed by atoms with Gasteiger partial charge in [-0.15, -0.1) is 0 Å². The number of pyridine rings is 1. The van der Waals surface area contributed by atoms with Gasteiger partial charge in [0.2, 0.25) is 0 Å². The SMILES string of the molecule is Cc1cc(NS(=O)(=O)c2cc(N)cc(C)c2F)ncc1Br. The molecule has 0 aliphatic heterocycles. The van der Waals surface area contributed by atoms with Crippen molar-refractivity contribution >= 4 is 37.5 Å². The molecule has 2 aromatic rings. The molecule has 8 heteroatoms. The summed E-state index contributed by atoms with van der Waals surface area (Å²) < 4.78 is 41.5. The second-order valence-electron chi connectivity index (χ2n) is 4.57. The second kappa shape index (κ2) is 5.61. The van der Waals surface area contributed by atoms with E-state index in [-0.39, 0.29) is 17.1 Å². The van der Waals surface area contributed by atoms with Crippen LogP contribution in [0.3, 0.4) is 0 Å². The van der Waals surface area contributed by atoms with Crippen LogP contribution in [-0.4, -0.2) is 13.4 Å². The molecule has 1 aromatic heterocycles. The number of anilines is 2. The molecule has 1 aromatic carbocycles. The van der Waals surface area contributed by atoms with Gasteiger partial charge >= 0.3 is 0 Å². The predicted octanol–water partition coefficient (Wildman–Crippen LogP) is 2.98. The molecule has 0 bridgehead atoms. The monoisotopic (exact) mass is 373 g/mol. The van der Waals surface area contributed by atoms with Crippen molar-refractivity contribution in [1.82, 2.24) is 4.98 Å². The molecule has 0 aliphatic carbocycles. The van der Waals surface area contributed by atoms with Crippen molar-refractivity contribution in [2.24, 2.45) is 0 Å². The molecule has 2 rings (SSSR count). The summed E-state index contributed by atoms with van der Waals surface area (Å²) in [6, 6.07) is 3.99. The molecule has 3 N–H and O–H groups in total. The maximum atomic E-state index is 14.0. The van der Waals surface area contributed by atoms with Gasteiger partial charge in [0.25, 0.3) is 10.0 Å². The minimum absolute atomic E-state index is 0.107. The molecule has 21 heavy (non-hydrogen) atoms. The second-order valence-corrected chi connectivity index (χ2v) is 7.08. The highest BCUT2D eigenvalue weighted by atomic mass is 79.9. The number of nitrogens with one attached hydrogen (secondary N) is 1. The van der Waals surface area contributed by atoms with E-state index in [0.29, 0.717) is 0 Å². The smallest absolute Gasteiger partial charge is 0.266 e. The molecule has 0 saturated heterocycles. The van der Waals surface area contributed by atoms with Crippen LogP contribution in [0.2, 0.25) is 0 Å². The summed E-state index contributed by atoms with van der Waals surface area (Å²) in [6.07, 6.45) is 1.47. The molecule has 112 valence electrons. The van der Waals surface area contributed by atoms with Crippen LogP contribution in [0.4, 0.5) is 15.9 Å². The lowest BCUT2D eigenvalue weighted by atomic mass is 10.2. The number of aryl methyl sites for hydroxylation is 2. The van der Waals surface area contributed by atoms with Gasteiger partial charge in [0.05, 0.1) is 0 Å². The fourth-order valence-corrected chi connectivity index (χ4v) is 3.15. The van der Waals surface area contributed by atoms with Gasteiger partial charge in [-0.25, -0.2) is 17.8 Å². The highest BCUT2D eigenvalue weighted by Gasteiger charge is 2.22. The van der Waals surface area contributed by atoms with Crippen LogP contribution < -0.4 is 10.5 Å². The Hall–Kier alpha value is -1.67. The van der Waals surface area contributed by atoms with Gasteiger partial charge in [-0.2, -0.15) is 0 Å². The number of nitrogens with two attached hydrogens (primary N) is 1. The van der Waals surface area contributed by atoms with E-state index >= 15 is 0 Å². The van der Waals surface area contributed by atoms with Crippen LogP contribution in [0.15, 0.2) is 33.8 Å². The largest absolute Gasteiger partial charge is 0.399 e. The van der Waals surface area contributed by atoms with Gasteiger partial charge in [0.15, 0.2) is 0 Å². The minimum atomic E-state index is -4.10. The zero-order chi connectivity index (χ0) is 15.8. The van der Waals surface area contributed by atoms with Gasteiger partial charge < -0.3 is 5.73 Å². The summed E-state index contributed by atoms with van der Waals surface area (Å²) in [4.78, 5) is 3.44. The van der Waals surface area contributed by atoms with E-state index < -0.39 is 20.7 Å². The van der Waals surface area contributed by atoms with Crippen molar-refractivity contribution in [3.05, 3.63) is 45.8 Å². The molecule has 0 spiro atoms. The summed E-state index contributed by atoms with van der Waals surface area (Å²) in [5.74, 6) is -0.722. The lowest BCUT2D eigenvalue weighted by molar-refractivity contribution is 0.565. The summed E-state index contributed by atoms with van der Waals surface area (Å²) >= 11 is 3.27. The Morgan fingerprint density at radius 2 is 1.90 bits per heavy atom. The van der Waals surface area contributed by atoms with E-state index in [0.717, 1.165) is 16.1 Å². The first-order chi connectivity index (χ1) is 9.70. The van der Waals surface area contributed by atoms with E-state index in [1.54, 1.807) is 13.0 Å². The molecular weight excluding hydrogens is 361 g/mol. The van der Waals surface area contributed by atoms with E-state index in [1.807, 2.05) is 0 Å². The number of sulfonamides is 1. The van der Waals surface area contributed by atoms with Crippen LogP contribution in [0, 0.1) is 19.7 Å². The average molecular weight is 374 g/mol. The molecule has 5 nitrogen and oxygen atoms in total. The Morgan fingerprint density at radius 3 is 2.52 bits per heavy atom. The molecule has 0 fully saturated rings. The van der Waals surface area contributed by atoms with Crippen LogP contribution in [0.25, 0.3) is 0 Å². The third-order valence-electron chi connectivity index (χ3n) is 2.82. The maximum absolute atomic E-state index is 14.0. The standard InChI is InChI=1S/C13H13BrFN3O2S/c1-7-4-12(17-6-10(7)14)18-21(19,20)11-5-9(16)3-8(2)13(11)15/h3-6H,16H2,1-2H3,(H,17,18). The van der Waals surface area contributed by atoms with Crippen molar-refractivity contribution in [3.63, 3.8) is 0 Å². The highest BCUT2D eigenvalue weighted by Crippen LogP contribution is 2.24. The zero-order valence-electron chi connectivity index (χ0n) is 11.3. The number of hydrogen-bond donors (Lipinski definition) is 2. The lowest BCUT2D eigenvalue weighted by Gasteiger charge is -2.11. The average Bonchev–Trinajstić information content (AvgIpc) is 2.37. The first-order valence-electron chi connectivity index (χ1n) is 5.91. The van der Waals surface area contributed by atoms with Gasteiger partial charge in [-0.05, 0) is 59.1 Å². The van der Waals surface area contributed by atoms with Crippen molar-refractivity contribution in [2.75, 3.05) is 10.5 Å². The number of aromatic nitrogens is 1. The molecule has 0 amide bonds. The summed E-state index contributed by atoms with van der Waals surface area (Å²) in [5, 5.41) is 0. The lowest BCUT2D eigenvalue weighted by Crippen LogP contribution is -2.16. The fourth-order valence-electron chi connectivity index (χ4n) is 1.75. The number of nitrogen functional groups attached to an aromatic ring is 1. The highest BCUT2D eigenvalue weighted by molar-refractivity contribution is 9.10. The Balaban J connectivity index is 2.45. The molecule has 1 heterocycles. The van der Waals surface area contributed by atoms with Crippen LogP contribution >= 0.6 is 15.9 Å². The molecule has 0 radical (unpaired) electrons. The van der Waals surface area contributed by atoms with Gasteiger partial charge in [-0.3, -0.25) is 4.72 Å². The first kappa shape index (κ1) is 15.7. The summed E-state index contributed by atoms with van der Waals surface area (Å²) in [7, 11) is -4.10. The van der Waals surface area contributed by atoms with Crippen LogP contribution in [0.5, 0.6) is 0 Å². The Bertz CT molecular complexity index is 809. The molecule has 0 saturated carbocycles. The van der Waals surface area contributed by atoms with Gasteiger partial charge in [-0.1, -0.05) is 0 Å². The molecule has 0 aliphatic rings. The number of benzene rings is 1. The maximum Gasteiger partial charge on any atom is 0.266 e.